The third kappa shape index (κ3) is 7.52. The van der Waals surface area contributed by atoms with E-state index in [1.807, 2.05) is 24.3 Å². The minimum atomic E-state index is -0.117. The maximum atomic E-state index is 16.2. The Bertz CT molecular complexity index is 1700. The minimum Gasteiger partial charge on any atom is -0.508 e. The SMILES string of the molecule is CCc1cc(N2CCN(CC3CCN(c4ccc(C(c5ccc(O)cc5C5CC5)C(CC)c5ccccc5)cc4F)CC3)CC2)ccc1C. The predicted molar refractivity (Wildman–Crippen MR) is 202 cm³/mol. The number of phenolic OH excluding ortho intramolecular Hbond substituents is 1. The fraction of sp³-hybridized carbons (Fsp3) is 0.455. The van der Waals surface area contributed by atoms with Crippen LogP contribution in [0.5, 0.6) is 5.75 Å². The lowest BCUT2D eigenvalue weighted by molar-refractivity contribution is 0.201. The second-order valence-corrected chi connectivity index (χ2v) is 14.9. The standard InChI is InChI=1S/C44H54FN3O/c1-4-33-27-37(15-11-31(33)3)47-25-23-46(24-26-47)30-32-19-21-48(22-20-32)43-18-14-36(28-42(43)45)44(39(5-2)34-9-7-6-8-10-34)40-17-16-38(49)29-41(40)35-12-13-35/h6-11,14-18,27-29,32,35,39,44,49H,4-5,12-13,19-26,30H2,1-3H3. The van der Waals surface area contributed by atoms with Crippen LogP contribution >= 0.6 is 0 Å². The molecule has 3 fully saturated rings. The summed E-state index contributed by atoms with van der Waals surface area (Å²) >= 11 is 0. The number of anilines is 2. The van der Waals surface area contributed by atoms with E-state index in [0.29, 0.717) is 17.6 Å². The normalized spacial score (nSPS) is 18.9. The molecule has 1 aliphatic carbocycles. The van der Waals surface area contributed by atoms with E-state index in [0.717, 1.165) is 95.6 Å². The van der Waals surface area contributed by atoms with Gasteiger partial charge in [0, 0.05) is 57.4 Å². The van der Waals surface area contributed by atoms with Gasteiger partial charge >= 0.3 is 0 Å². The van der Waals surface area contributed by atoms with Crippen LogP contribution in [0.3, 0.4) is 0 Å². The molecule has 1 N–H and O–H groups in total. The summed E-state index contributed by atoms with van der Waals surface area (Å²) in [6.45, 7) is 14.0. The van der Waals surface area contributed by atoms with Crippen molar-refractivity contribution >= 4 is 11.4 Å². The van der Waals surface area contributed by atoms with Crippen LogP contribution in [0.2, 0.25) is 0 Å². The lowest BCUT2D eigenvalue weighted by Gasteiger charge is -2.40. The summed E-state index contributed by atoms with van der Waals surface area (Å²) in [7, 11) is 0. The topological polar surface area (TPSA) is 30.0 Å². The van der Waals surface area contributed by atoms with Crippen molar-refractivity contribution in [3.05, 3.63) is 124 Å². The van der Waals surface area contributed by atoms with Crippen molar-refractivity contribution in [3.63, 3.8) is 0 Å². The molecule has 2 atom stereocenters. The van der Waals surface area contributed by atoms with E-state index in [2.05, 4.69) is 96.1 Å². The fourth-order valence-corrected chi connectivity index (χ4v) is 8.70. The van der Waals surface area contributed by atoms with Gasteiger partial charge in [0.05, 0.1) is 5.69 Å². The quantitative estimate of drug-likeness (QED) is 0.174. The number of aryl methyl sites for hydroxylation is 2. The highest BCUT2D eigenvalue weighted by Crippen LogP contribution is 2.49. The fourth-order valence-electron chi connectivity index (χ4n) is 8.70. The van der Waals surface area contributed by atoms with Crippen LogP contribution in [0, 0.1) is 18.7 Å². The van der Waals surface area contributed by atoms with E-state index in [9.17, 15) is 5.11 Å². The summed E-state index contributed by atoms with van der Waals surface area (Å²) in [4.78, 5) is 7.47. The lowest BCUT2D eigenvalue weighted by atomic mass is 9.74. The first-order valence-electron chi connectivity index (χ1n) is 18.9. The first-order chi connectivity index (χ1) is 23.9. The number of hydrogen-bond donors (Lipinski definition) is 1. The van der Waals surface area contributed by atoms with E-state index in [4.69, 9.17) is 0 Å². The molecule has 1 saturated carbocycles. The van der Waals surface area contributed by atoms with E-state index < -0.39 is 0 Å². The second-order valence-electron chi connectivity index (χ2n) is 14.9. The summed E-state index contributed by atoms with van der Waals surface area (Å²) in [6, 6.07) is 29.5. The van der Waals surface area contributed by atoms with E-state index in [1.54, 1.807) is 0 Å². The number of phenols is 1. The Morgan fingerprint density at radius 3 is 2.18 bits per heavy atom. The van der Waals surface area contributed by atoms with Crippen molar-refractivity contribution in [1.29, 1.82) is 0 Å². The van der Waals surface area contributed by atoms with Crippen molar-refractivity contribution in [2.45, 2.75) is 77.0 Å². The Kier molecular flexibility index (Phi) is 10.3. The molecular weight excluding hydrogens is 606 g/mol. The van der Waals surface area contributed by atoms with E-state index in [1.165, 1.54) is 33.5 Å². The highest BCUT2D eigenvalue weighted by atomic mass is 19.1. The van der Waals surface area contributed by atoms with Gasteiger partial charge in [0.1, 0.15) is 11.6 Å². The molecule has 3 aliphatic rings. The molecule has 4 aromatic rings. The van der Waals surface area contributed by atoms with Gasteiger partial charge in [-0.1, -0.05) is 62.4 Å². The van der Waals surface area contributed by atoms with Gasteiger partial charge in [0.2, 0.25) is 0 Å². The third-order valence-corrected chi connectivity index (χ3v) is 11.7. The zero-order chi connectivity index (χ0) is 33.9. The summed E-state index contributed by atoms with van der Waals surface area (Å²) in [5.74, 6) is 1.56. The Hall–Kier alpha value is -3.83. The Morgan fingerprint density at radius 2 is 1.51 bits per heavy atom. The van der Waals surface area contributed by atoms with Crippen LogP contribution in [-0.2, 0) is 6.42 Å². The molecule has 2 heterocycles. The van der Waals surface area contributed by atoms with Gasteiger partial charge in [-0.2, -0.15) is 0 Å². The van der Waals surface area contributed by atoms with E-state index in [-0.39, 0.29) is 17.7 Å². The summed E-state index contributed by atoms with van der Waals surface area (Å²) in [5, 5.41) is 10.4. The van der Waals surface area contributed by atoms with Crippen molar-refractivity contribution in [1.82, 2.24) is 4.90 Å². The van der Waals surface area contributed by atoms with Gasteiger partial charge < -0.3 is 14.9 Å². The van der Waals surface area contributed by atoms with Gasteiger partial charge in [-0.15, -0.1) is 0 Å². The monoisotopic (exact) mass is 659 g/mol. The van der Waals surface area contributed by atoms with Gasteiger partial charge in [-0.25, -0.2) is 4.39 Å². The molecule has 2 saturated heterocycles. The number of aromatic hydroxyl groups is 1. The smallest absolute Gasteiger partial charge is 0.146 e. The molecule has 0 spiro atoms. The molecule has 4 nitrogen and oxygen atoms in total. The Balaban J connectivity index is 1.02. The summed E-state index contributed by atoms with van der Waals surface area (Å²) in [6.07, 6.45) is 6.53. The van der Waals surface area contributed by atoms with Crippen molar-refractivity contribution in [3.8, 4) is 5.75 Å². The first kappa shape index (κ1) is 33.7. The maximum Gasteiger partial charge on any atom is 0.146 e. The third-order valence-electron chi connectivity index (χ3n) is 11.7. The van der Waals surface area contributed by atoms with Crippen LogP contribution in [-0.4, -0.2) is 55.8 Å². The minimum absolute atomic E-state index is 0.0121. The molecule has 258 valence electrons. The molecule has 0 radical (unpaired) electrons. The highest BCUT2D eigenvalue weighted by molar-refractivity contribution is 5.54. The molecular formula is C44H54FN3O. The average Bonchev–Trinajstić information content (AvgIpc) is 3.98. The molecule has 0 aromatic heterocycles. The number of piperazine rings is 1. The lowest BCUT2D eigenvalue weighted by Crippen LogP contribution is -2.49. The molecule has 5 heteroatoms. The van der Waals surface area contributed by atoms with Gasteiger partial charge in [0.15, 0.2) is 0 Å². The molecule has 49 heavy (non-hydrogen) atoms. The van der Waals surface area contributed by atoms with Crippen LogP contribution in [0.1, 0.15) is 97.1 Å². The largest absolute Gasteiger partial charge is 0.508 e. The maximum absolute atomic E-state index is 16.2. The number of piperidine rings is 1. The van der Waals surface area contributed by atoms with Gasteiger partial charge in [-0.05, 0) is 133 Å². The van der Waals surface area contributed by atoms with Crippen LogP contribution < -0.4 is 9.80 Å². The average molecular weight is 660 g/mol. The number of rotatable bonds is 11. The zero-order valence-electron chi connectivity index (χ0n) is 29.8. The molecule has 2 aliphatic heterocycles. The Labute approximate surface area is 293 Å². The zero-order valence-corrected chi connectivity index (χ0v) is 29.8. The van der Waals surface area contributed by atoms with Gasteiger partial charge in [0.25, 0.3) is 0 Å². The first-order valence-corrected chi connectivity index (χ1v) is 18.9. The molecule has 7 rings (SSSR count). The molecule has 0 amide bonds. The van der Waals surface area contributed by atoms with Crippen molar-refractivity contribution in [2.24, 2.45) is 5.92 Å². The molecule has 2 unspecified atom stereocenters. The summed E-state index contributed by atoms with van der Waals surface area (Å²) < 4.78 is 16.2. The second kappa shape index (κ2) is 15.0. The number of halogens is 1. The van der Waals surface area contributed by atoms with Crippen LogP contribution in [0.15, 0.2) is 84.9 Å². The number of hydrogen-bond acceptors (Lipinski definition) is 4. The van der Waals surface area contributed by atoms with Crippen LogP contribution in [0.4, 0.5) is 15.8 Å². The van der Waals surface area contributed by atoms with Gasteiger partial charge in [-0.3, -0.25) is 4.90 Å². The Morgan fingerprint density at radius 1 is 0.755 bits per heavy atom. The van der Waals surface area contributed by atoms with E-state index >= 15 is 4.39 Å². The molecule has 4 aromatic carbocycles. The number of nitrogens with zero attached hydrogens (tertiary/aromatic N) is 3. The highest BCUT2D eigenvalue weighted by Gasteiger charge is 2.34. The van der Waals surface area contributed by atoms with Crippen LogP contribution in [0.25, 0.3) is 0 Å². The van der Waals surface area contributed by atoms with Crippen molar-refractivity contribution < 1.29 is 9.50 Å². The predicted octanol–water partition coefficient (Wildman–Crippen LogP) is 9.64. The summed E-state index contributed by atoms with van der Waals surface area (Å²) in [5.41, 5.74) is 9.71. The number of benzene rings is 4. The molecule has 0 bridgehead atoms. The van der Waals surface area contributed by atoms with Crippen molar-refractivity contribution in [2.75, 3.05) is 55.6 Å².